The van der Waals surface area contributed by atoms with E-state index in [-0.39, 0.29) is 17.5 Å². The number of amides is 1. The van der Waals surface area contributed by atoms with Crippen molar-refractivity contribution in [2.75, 3.05) is 18.6 Å². The van der Waals surface area contributed by atoms with Crippen molar-refractivity contribution < 1.29 is 19.2 Å². The van der Waals surface area contributed by atoms with E-state index in [9.17, 15) is 19.7 Å². The Bertz CT molecular complexity index is 804. The SMILES string of the molecule is COC(=O)C1C(=O)N(c2ccc([N+](=O)[O-])cc2)CC1c1ccccc1. The van der Waals surface area contributed by atoms with Gasteiger partial charge in [-0.3, -0.25) is 19.7 Å². The summed E-state index contributed by atoms with van der Waals surface area (Å²) in [7, 11) is 1.26. The highest BCUT2D eigenvalue weighted by atomic mass is 16.6. The van der Waals surface area contributed by atoms with E-state index in [1.807, 2.05) is 30.3 Å². The number of nitro benzene ring substituents is 1. The average Bonchev–Trinajstić information content (AvgIpc) is 2.99. The van der Waals surface area contributed by atoms with Gasteiger partial charge in [0.05, 0.1) is 12.0 Å². The first-order valence-electron chi connectivity index (χ1n) is 7.71. The molecule has 0 aliphatic carbocycles. The fourth-order valence-electron chi connectivity index (χ4n) is 3.11. The van der Waals surface area contributed by atoms with Gasteiger partial charge in [-0.2, -0.15) is 0 Å². The Morgan fingerprint density at radius 2 is 1.80 bits per heavy atom. The Labute approximate surface area is 144 Å². The number of carbonyl (C=O) groups excluding carboxylic acids is 2. The number of non-ortho nitro benzene ring substituents is 1. The van der Waals surface area contributed by atoms with Gasteiger partial charge in [0.1, 0.15) is 5.92 Å². The van der Waals surface area contributed by atoms with Crippen molar-refractivity contribution in [3.63, 3.8) is 0 Å². The molecule has 0 spiro atoms. The van der Waals surface area contributed by atoms with Gasteiger partial charge < -0.3 is 9.64 Å². The van der Waals surface area contributed by atoms with Crippen molar-refractivity contribution in [3.05, 3.63) is 70.3 Å². The number of nitro groups is 1. The van der Waals surface area contributed by atoms with E-state index in [4.69, 9.17) is 4.74 Å². The van der Waals surface area contributed by atoms with Gasteiger partial charge in [0, 0.05) is 30.3 Å². The zero-order valence-electron chi connectivity index (χ0n) is 13.5. The fraction of sp³-hybridized carbons (Fsp3) is 0.222. The van der Waals surface area contributed by atoms with Gasteiger partial charge in [-0.1, -0.05) is 30.3 Å². The molecule has 1 saturated heterocycles. The van der Waals surface area contributed by atoms with E-state index >= 15 is 0 Å². The summed E-state index contributed by atoms with van der Waals surface area (Å²) in [6.45, 7) is 0.306. The second kappa shape index (κ2) is 6.72. The molecule has 7 nitrogen and oxygen atoms in total. The summed E-state index contributed by atoms with van der Waals surface area (Å²) in [5, 5.41) is 10.8. The number of anilines is 1. The second-order valence-electron chi connectivity index (χ2n) is 5.74. The van der Waals surface area contributed by atoms with Crippen LogP contribution in [0.2, 0.25) is 0 Å². The highest BCUT2D eigenvalue weighted by Crippen LogP contribution is 2.37. The standard InChI is InChI=1S/C18H16N2O5/c1-25-18(22)16-15(12-5-3-2-4-6-12)11-19(17(16)21)13-7-9-14(10-8-13)20(23)24/h2-10,15-16H,11H2,1H3. The number of rotatable bonds is 4. The molecule has 128 valence electrons. The first-order valence-corrected chi connectivity index (χ1v) is 7.71. The third kappa shape index (κ3) is 3.08. The van der Waals surface area contributed by atoms with Crippen molar-refractivity contribution >= 4 is 23.3 Å². The van der Waals surface area contributed by atoms with E-state index in [2.05, 4.69) is 0 Å². The zero-order chi connectivity index (χ0) is 18.0. The zero-order valence-corrected chi connectivity index (χ0v) is 13.5. The molecule has 2 atom stereocenters. The molecule has 0 N–H and O–H groups in total. The molecule has 25 heavy (non-hydrogen) atoms. The predicted molar refractivity (Wildman–Crippen MR) is 90.1 cm³/mol. The van der Waals surface area contributed by atoms with Crippen LogP contribution in [0, 0.1) is 16.0 Å². The van der Waals surface area contributed by atoms with E-state index in [1.54, 1.807) is 0 Å². The number of esters is 1. The van der Waals surface area contributed by atoms with Crippen LogP contribution >= 0.6 is 0 Å². The summed E-state index contributed by atoms with van der Waals surface area (Å²) in [4.78, 5) is 36.7. The number of methoxy groups -OCH3 is 1. The van der Waals surface area contributed by atoms with Gasteiger partial charge in [-0.25, -0.2) is 0 Å². The second-order valence-corrected chi connectivity index (χ2v) is 5.74. The lowest BCUT2D eigenvalue weighted by Crippen LogP contribution is -2.31. The minimum Gasteiger partial charge on any atom is -0.468 e. The van der Waals surface area contributed by atoms with E-state index in [0.29, 0.717) is 12.2 Å². The van der Waals surface area contributed by atoms with E-state index in [1.165, 1.54) is 36.3 Å². The summed E-state index contributed by atoms with van der Waals surface area (Å²) >= 11 is 0. The van der Waals surface area contributed by atoms with Crippen LogP contribution in [-0.2, 0) is 14.3 Å². The summed E-state index contributed by atoms with van der Waals surface area (Å²) < 4.78 is 4.82. The third-order valence-electron chi connectivity index (χ3n) is 4.37. The molecule has 0 saturated carbocycles. The molecule has 1 aliphatic rings. The van der Waals surface area contributed by atoms with Crippen molar-refractivity contribution in [2.45, 2.75) is 5.92 Å². The predicted octanol–water partition coefficient (Wildman–Crippen LogP) is 2.51. The van der Waals surface area contributed by atoms with Crippen LogP contribution in [0.1, 0.15) is 11.5 Å². The van der Waals surface area contributed by atoms with Crippen molar-refractivity contribution in [3.8, 4) is 0 Å². The van der Waals surface area contributed by atoms with Crippen LogP contribution in [-0.4, -0.2) is 30.5 Å². The molecule has 1 aliphatic heterocycles. The number of carbonyl (C=O) groups is 2. The lowest BCUT2D eigenvalue weighted by molar-refractivity contribution is -0.384. The minimum atomic E-state index is -0.928. The van der Waals surface area contributed by atoms with Gasteiger partial charge in [0.2, 0.25) is 5.91 Å². The Balaban J connectivity index is 1.95. The quantitative estimate of drug-likeness (QED) is 0.369. The number of ether oxygens (including phenoxy) is 1. The van der Waals surface area contributed by atoms with Crippen LogP contribution in [0.15, 0.2) is 54.6 Å². The largest absolute Gasteiger partial charge is 0.468 e. The van der Waals surface area contributed by atoms with Crippen LogP contribution in [0.3, 0.4) is 0 Å². The topological polar surface area (TPSA) is 89.8 Å². The van der Waals surface area contributed by atoms with Crippen molar-refractivity contribution in [1.29, 1.82) is 0 Å². The lowest BCUT2D eigenvalue weighted by atomic mass is 9.89. The first-order chi connectivity index (χ1) is 12.0. The molecule has 2 aromatic carbocycles. The number of benzene rings is 2. The molecule has 1 amide bonds. The highest BCUT2D eigenvalue weighted by Gasteiger charge is 2.46. The summed E-state index contributed by atoms with van der Waals surface area (Å²) in [6.07, 6.45) is 0. The summed E-state index contributed by atoms with van der Waals surface area (Å²) in [6, 6.07) is 15.0. The third-order valence-corrected chi connectivity index (χ3v) is 4.37. The summed E-state index contributed by atoms with van der Waals surface area (Å²) in [5.74, 6) is -2.21. The summed E-state index contributed by atoms with van der Waals surface area (Å²) in [5.41, 5.74) is 1.33. The van der Waals surface area contributed by atoms with Gasteiger partial charge in [-0.05, 0) is 17.7 Å². The van der Waals surface area contributed by atoms with Gasteiger partial charge in [0.15, 0.2) is 0 Å². The molecular weight excluding hydrogens is 324 g/mol. The first kappa shape index (κ1) is 16.6. The molecule has 0 radical (unpaired) electrons. The molecular formula is C18H16N2O5. The van der Waals surface area contributed by atoms with E-state index in [0.717, 1.165) is 5.56 Å². The molecule has 7 heteroatoms. The lowest BCUT2D eigenvalue weighted by Gasteiger charge is -2.16. The fourth-order valence-corrected chi connectivity index (χ4v) is 3.11. The normalized spacial score (nSPS) is 19.7. The van der Waals surface area contributed by atoms with Gasteiger partial charge >= 0.3 is 5.97 Å². The maximum absolute atomic E-state index is 12.8. The maximum Gasteiger partial charge on any atom is 0.318 e. The number of nitrogens with zero attached hydrogens (tertiary/aromatic N) is 2. The maximum atomic E-state index is 12.8. The molecule has 2 aromatic rings. The number of hydrogen-bond donors (Lipinski definition) is 0. The van der Waals surface area contributed by atoms with Crippen LogP contribution in [0.4, 0.5) is 11.4 Å². The molecule has 3 rings (SSSR count). The molecule has 2 unspecified atom stereocenters. The van der Waals surface area contributed by atoms with Crippen LogP contribution < -0.4 is 4.90 Å². The van der Waals surface area contributed by atoms with Gasteiger partial charge in [0.25, 0.3) is 5.69 Å². The molecule has 1 fully saturated rings. The Morgan fingerprint density at radius 1 is 1.16 bits per heavy atom. The van der Waals surface area contributed by atoms with Crippen LogP contribution in [0.25, 0.3) is 0 Å². The number of hydrogen-bond acceptors (Lipinski definition) is 5. The molecule has 1 heterocycles. The Morgan fingerprint density at radius 3 is 2.36 bits per heavy atom. The smallest absolute Gasteiger partial charge is 0.318 e. The molecule has 0 bridgehead atoms. The van der Waals surface area contributed by atoms with E-state index < -0.39 is 16.8 Å². The Hall–Kier alpha value is -3.22. The van der Waals surface area contributed by atoms with Crippen molar-refractivity contribution in [2.24, 2.45) is 5.92 Å². The molecule has 0 aromatic heterocycles. The van der Waals surface area contributed by atoms with Gasteiger partial charge in [-0.15, -0.1) is 0 Å². The highest BCUT2D eigenvalue weighted by molar-refractivity contribution is 6.09. The average molecular weight is 340 g/mol. The monoisotopic (exact) mass is 340 g/mol. The van der Waals surface area contributed by atoms with Crippen LogP contribution in [0.5, 0.6) is 0 Å². The Kier molecular flexibility index (Phi) is 4.47. The van der Waals surface area contributed by atoms with Crippen molar-refractivity contribution in [1.82, 2.24) is 0 Å². The minimum absolute atomic E-state index is 0.0560.